The summed E-state index contributed by atoms with van der Waals surface area (Å²) >= 11 is 0. The molecule has 0 aromatic heterocycles. The van der Waals surface area contributed by atoms with Crippen LogP contribution in [0.2, 0.25) is 0 Å². The minimum Gasteiger partial charge on any atom is -0.380 e. The number of hydrogen-bond acceptors (Lipinski definition) is 3. The fourth-order valence-electron chi connectivity index (χ4n) is 2.53. The van der Waals surface area contributed by atoms with Gasteiger partial charge < -0.3 is 15.4 Å². The number of anilines is 1. The fraction of sp³-hybridized carbons (Fsp3) is 0.600. The molecular weight excluding hydrogens is 224 g/mol. The predicted molar refractivity (Wildman–Crippen MR) is 76.1 cm³/mol. The van der Waals surface area contributed by atoms with Crippen LogP contribution in [0.25, 0.3) is 0 Å². The highest BCUT2D eigenvalue weighted by Crippen LogP contribution is 2.29. The summed E-state index contributed by atoms with van der Waals surface area (Å²) in [4.78, 5) is 2.43. The normalized spacial score (nSPS) is 16.5. The van der Waals surface area contributed by atoms with Gasteiger partial charge in [0.1, 0.15) is 0 Å². The van der Waals surface area contributed by atoms with Crippen LogP contribution in [0.1, 0.15) is 37.4 Å². The molecule has 0 amide bonds. The highest BCUT2D eigenvalue weighted by atomic mass is 16.5. The maximum atomic E-state index is 5.95. The van der Waals surface area contributed by atoms with Crippen LogP contribution < -0.4 is 10.6 Å². The topological polar surface area (TPSA) is 38.5 Å². The standard InChI is InChI=1S/C15H24N2O/c1-3-18-10-9-17-8-4-5-14-11-13(12(2)16)6-7-15(14)17/h6-7,11-12H,3-5,8-10,16H2,1-2H3. The second-order valence-electron chi connectivity index (χ2n) is 4.96. The SMILES string of the molecule is CCOCCN1CCCc2cc(C(C)N)ccc21. The van der Waals surface area contributed by atoms with E-state index in [1.807, 2.05) is 13.8 Å². The maximum Gasteiger partial charge on any atom is 0.0641 e. The zero-order chi connectivity index (χ0) is 13.0. The molecule has 1 aromatic rings. The van der Waals surface area contributed by atoms with Crippen molar-refractivity contribution in [1.29, 1.82) is 0 Å². The molecule has 3 heteroatoms. The Morgan fingerprint density at radius 3 is 3.00 bits per heavy atom. The van der Waals surface area contributed by atoms with Crippen molar-refractivity contribution in [3.8, 4) is 0 Å². The van der Waals surface area contributed by atoms with E-state index in [9.17, 15) is 0 Å². The fourth-order valence-corrected chi connectivity index (χ4v) is 2.53. The second-order valence-corrected chi connectivity index (χ2v) is 4.96. The molecule has 3 nitrogen and oxygen atoms in total. The molecule has 18 heavy (non-hydrogen) atoms. The smallest absolute Gasteiger partial charge is 0.0641 e. The molecule has 1 unspecified atom stereocenters. The predicted octanol–water partition coefficient (Wildman–Crippen LogP) is 2.50. The van der Waals surface area contributed by atoms with Gasteiger partial charge in [-0.1, -0.05) is 12.1 Å². The zero-order valence-electron chi connectivity index (χ0n) is 11.5. The number of nitrogens with zero attached hydrogens (tertiary/aromatic N) is 1. The van der Waals surface area contributed by atoms with E-state index in [1.165, 1.54) is 29.7 Å². The average Bonchev–Trinajstić information content (AvgIpc) is 2.38. The molecule has 0 spiro atoms. The van der Waals surface area contributed by atoms with E-state index in [-0.39, 0.29) is 6.04 Å². The lowest BCUT2D eigenvalue weighted by Crippen LogP contribution is -2.32. The number of hydrogen-bond donors (Lipinski definition) is 1. The van der Waals surface area contributed by atoms with E-state index in [2.05, 4.69) is 23.1 Å². The number of rotatable bonds is 5. The highest BCUT2D eigenvalue weighted by Gasteiger charge is 2.17. The van der Waals surface area contributed by atoms with E-state index in [0.29, 0.717) is 0 Å². The summed E-state index contributed by atoms with van der Waals surface area (Å²) < 4.78 is 5.45. The van der Waals surface area contributed by atoms with Crippen molar-refractivity contribution >= 4 is 5.69 Å². The largest absolute Gasteiger partial charge is 0.380 e. The van der Waals surface area contributed by atoms with E-state index in [0.717, 1.165) is 26.3 Å². The summed E-state index contributed by atoms with van der Waals surface area (Å²) in [5.41, 5.74) is 9.99. The van der Waals surface area contributed by atoms with Crippen molar-refractivity contribution < 1.29 is 4.74 Å². The quantitative estimate of drug-likeness (QED) is 0.814. The van der Waals surface area contributed by atoms with Crippen molar-refractivity contribution in [3.05, 3.63) is 29.3 Å². The molecule has 2 N–H and O–H groups in total. The summed E-state index contributed by atoms with van der Waals surface area (Å²) in [6.45, 7) is 7.81. The molecule has 0 saturated heterocycles. The first-order chi connectivity index (χ1) is 8.72. The van der Waals surface area contributed by atoms with Gasteiger partial charge in [0.15, 0.2) is 0 Å². The van der Waals surface area contributed by atoms with Gasteiger partial charge in [0, 0.05) is 31.4 Å². The molecule has 0 aliphatic carbocycles. The van der Waals surface area contributed by atoms with Crippen LogP contribution in [-0.4, -0.2) is 26.3 Å². The van der Waals surface area contributed by atoms with Crippen molar-refractivity contribution in [2.24, 2.45) is 5.73 Å². The Labute approximate surface area is 110 Å². The first-order valence-electron chi connectivity index (χ1n) is 6.93. The van der Waals surface area contributed by atoms with Gasteiger partial charge in [-0.25, -0.2) is 0 Å². The molecule has 1 heterocycles. The Morgan fingerprint density at radius 2 is 2.28 bits per heavy atom. The van der Waals surface area contributed by atoms with E-state index >= 15 is 0 Å². The maximum absolute atomic E-state index is 5.95. The Hall–Kier alpha value is -1.06. The molecular formula is C15H24N2O. The monoisotopic (exact) mass is 248 g/mol. The number of nitrogens with two attached hydrogens (primary N) is 1. The van der Waals surface area contributed by atoms with Crippen LogP contribution in [0, 0.1) is 0 Å². The van der Waals surface area contributed by atoms with Crippen LogP contribution in [0.4, 0.5) is 5.69 Å². The molecule has 1 aromatic carbocycles. The minimum absolute atomic E-state index is 0.120. The molecule has 1 atom stereocenters. The third-order valence-electron chi connectivity index (χ3n) is 3.55. The van der Waals surface area contributed by atoms with Gasteiger partial charge in [-0.05, 0) is 43.9 Å². The Kier molecular flexibility index (Phi) is 4.61. The summed E-state index contributed by atoms with van der Waals surface area (Å²) in [6.07, 6.45) is 2.39. The zero-order valence-corrected chi connectivity index (χ0v) is 11.5. The Balaban J connectivity index is 2.11. The van der Waals surface area contributed by atoms with Crippen LogP contribution >= 0.6 is 0 Å². The lowest BCUT2D eigenvalue weighted by Gasteiger charge is -2.31. The van der Waals surface area contributed by atoms with Gasteiger partial charge in [-0.2, -0.15) is 0 Å². The molecule has 100 valence electrons. The van der Waals surface area contributed by atoms with E-state index in [4.69, 9.17) is 10.5 Å². The molecule has 2 rings (SSSR count). The van der Waals surface area contributed by atoms with Crippen LogP contribution in [-0.2, 0) is 11.2 Å². The van der Waals surface area contributed by atoms with Crippen molar-refractivity contribution in [2.45, 2.75) is 32.7 Å². The van der Waals surface area contributed by atoms with Gasteiger partial charge in [0.2, 0.25) is 0 Å². The first-order valence-corrected chi connectivity index (χ1v) is 6.93. The third-order valence-corrected chi connectivity index (χ3v) is 3.55. The Bertz CT molecular complexity index is 390. The van der Waals surface area contributed by atoms with Gasteiger partial charge in [-0.3, -0.25) is 0 Å². The lowest BCUT2D eigenvalue weighted by molar-refractivity contribution is 0.153. The summed E-state index contributed by atoms with van der Waals surface area (Å²) in [6, 6.07) is 6.77. The number of fused-ring (bicyclic) bond motifs is 1. The second kappa shape index (κ2) is 6.21. The first kappa shape index (κ1) is 13.4. The van der Waals surface area contributed by atoms with Crippen LogP contribution in [0.15, 0.2) is 18.2 Å². The molecule has 1 aliphatic heterocycles. The number of ether oxygens (including phenoxy) is 1. The summed E-state index contributed by atoms with van der Waals surface area (Å²) in [7, 11) is 0. The van der Waals surface area contributed by atoms with Gasteiger partial charge >= 0.3 is 0 Å². The molecule has 0 bridgehead atoms. The highest BCUT2D eigenvalue weighted by molar-refractivity contribution is 5.57. The molecule has 0 radical (unpaired) electrons. The van der Waals surface area contributed by atoms with Crippen LogP contribution in [0.5, 0.6) is 0 Å². The van der Waals surface area contributed by atoms with Crippen molar-refractivity contribution in [1.82, 2.24) is 0 Å². The van der Waals surface area contributed by atoms with E-state index in [1.54, 1.807) is 0 Å². The summed E-state index contributed by atoms with van der Waals surface area (Å²) in [5, 5.41) is 0. The average molecular weight is 248 g/mol. The molecule has 0 saturated carbocycles. The van der Waals surface area contributed by atoms with Gasteiger partial charge in [0.05, 0.1) is 6.61 Å². The minimum atomic E-state index is 0.120. The van der Waals surface area contributed by atoms with Crippen molar-refractivity contribution in [2.75, 3.05) is 31.2 Å². The van der Waals surface area contributed by atoms with E-state index < -0.39 is 0 Å². The third kappa shape index (κ3) is 3.03. The molecule has 0 fully saturated rings. The van der Waals surface area contributed by atoms with Gasteiger partial charge in [-0.15, -0.1) is 0 Å². The number of aryl methyl sites for hydroxylation is 1. The van der Waals surface area contributed by atoms with Crippen LogP contribution in [0.3, 0.4) is 0 Å². The van der Waals surface area contributed by atoms with Crippen molar-refractivity contribution in [3.63, 3.8) is 0 Å². The Morgan fingerprint density at radius 1 is 1.44 bits per heavy atom. The lowest BCUT2D eigenvalue weighted by atomic mass is 9.97. The summed E-state index contributed by atoms with van der Waals surface area (Å²) in [5.74, 6) is 0. The molecule has 1 aliphatic rings. The van der Waals surface area contributed by atoms with Gasteiger partial charge in [0.25, 0.3) is 0 Å². The number of benzene rings is 1.